The van der Waals surface area contributed by atoms with Crippen LogP contribution in [0.3, 0.4) is 0 Å². The molecule has 2 bridgehead atoms. The van der Waals surface area contributed by atoms with Crippen molar-refractivity contribution in [3.05, 3.63) is 65.8 Å². The van der Waals surface area contributed by atoms with E-state index in [1.54, 1.807) is 43.5 Å². The van der Waals surface area contributed by atoms with Crippen LogP contribution in [0.1, 0.15) is 24.8 Å². The number of carbonyl (C=O) groups excluding carboxylic acids is 2. The van der Waals surface area contributed by atoms with Crippen molar-refractivity contribution in [3.63, 3.8) is 0 Å². The molecule has 5 heteroatoms. The van der Waals surface area contributed by atoms with Crippen LogP contribution in [0.4, 0.5) is 0 Å². The summed E-state index contributed by atoms with van der Waals surface area (Å²) >= 11 is 6.70. The lowest BCUT2D eigenvalue weighted by Gasteiger charge is -2.33. The smallest absolute Gasteiger partial charge is 0.321 e. The first-order chi connectivity index (χ1) is 12.4. The zero-order valence-electron chi connectivity index (χ0n) is 14.9. The van der Waals surface area contributed by atoms with E-state index in [9.17, 15) is 9.59 Å². The van der Waals surface area contributed by atoms with E-state index in [-0.39, 0.29) is 12.2 Å². The molecule has 0 amide bonds. The molecule has 4 nitrogen and oxygen atoms in total. The summed E-state index contributed by atoms with van der Waals surface area (Å²) in [6.45, 7) is 4.10. The molecule has 1 fully saturated rings. The average molecular weight is 373 g/mol. The summed E-state index contributed by atoms with van der Waals surface area (Å²) in [4.78, 5) is 25.3. The molecule has 2 aliphatic rings. The van der Waals surface area contributed by atoms with Crippen LogP contribution in [-0.2, 0) is 19.7 Å². The van der Waals surface area contributed by atoms with Crippen LogP contribution >= 0.6 is 11.6 Å². The molecule has 0 saturated heterocycles. The number of ether oxygens (including phenoxy) is 2. The molecule has 1 aromatic rings. The Labute approximate surface area is 158 Å². The van der Waals surface area contributed by atoms with Gasteiger partial charge in [0, 0.05) is 5.57 Å². The number of halogens is 1. The Kier molecular flexibility index (Phi) is 4.80. The van der Waals surface area contributed by atoms with E-state index in [1.807, 2.05) is 6.08 Å². The fraction of sp³-hybridized carbons (Fsp3) is 0.333. The number of allylic oxidation sites excluding steroid dienone is 4. The van der Waals surface area contributed by atoms with Gasteiger partial charge in [-0.1, -0.05) is 42.5 Å². The van der Waals surface area contributed by atoms with Crippen molar-refractivity contribution < 1.29 is 19.1 Å². The van der Waals surface area contributed by atoms with Crippen LogP contribution in [0, 0.1) is 0 Å². The third kappa shape index (κ3) is 2.78. The number of Topliss-reactive ketones (excluding diaryl/α,β-unsaturated/α-hetero) is 1. The Balaban J connectivity index is 2.33. The number of rotatable bonds is 3. The first-order valence-electron chi connectivity index (χ1n) is 8.38. The summed E-state index contributed by atoms with van der Waals surface area (Å²) in [6.07, 6.45) is 6.28. The van der Waals surface area contributed by atoms with Crippen molar-refractivity contribution in [2.24, 2.45) is 0 Å². The maximum atomic E-state index is 13.4. The minimum Gasteiger partial charge on any atom is -0.497 e. The van der Waals surface area contributed by atoms with Crippen molar-refractivity contribution in [2.75, 3.05) is 14.2 Å². The topological polar surface area (TPSA) is 52.6 Å². The largest absolute Gasteiger partial charge is 0.497 e. The molecule has 2 aliphatic carbocycles. The van der Waals surface area contributed by atoms with Crippen LogP contribution in [0.15, 0.2) is 60.2 Å². The maximum Gasteiger partial charge on any atom is 0.321 e. The molecule has 0 radical (unpaired) electrons. The third-order valence-electron chi connectivity index (χ3n) is 5.09. The standard InChI is InChI=1S/C21H21ClO4/c1-14-12-20(22)10-5-4-9-17(18(20)23)21(13-14,19(24)26-3)15-7-6-8-16(11-15)25-2/h4-9,11H,1,10,12-13H2,2-3H3/t20-,21-/m0/s1. The zero-order chi connectivity index (χ0) is 18.9. The molecular weight excluding hydrogens is 352 g/mol. The van der Waals surface area contributed by atoms with E-state index in [0.29, 0.717) is 29.7 Å². The number of methoxy groups -OCH3 is 2. The first-order valence-corrected chi connectivity index (χ1v) is 8.76. The number of fused-ring (bicyclic) bond motifs is 2. The van der Waals surface area contributed by atoms with E-state index in [1.165, 1.54) is 7.11 Å². The normalized spacial score (nSPS) is 28.0. The maximum absolute atomic E-state index is 13.4. The Bertz CT molecular complexity index is 838. The lowest BCUT2D eigenvalue weighted by molar-refractivity contribution is -0.146. The predicted molar refractivity (Wildman–Crippen MR) is 100 cm³/mol. The Hall–Kier alpha value is -2.33. The molecule has 1 saturated carbocycles. The molecule has 0 aliphatic heterocycles. The first kappa shape index (κ1) is 18.5. The highest BCUT2D eigenvalue weighted by atomic mass is 35.5. The molecule has 1 aromatic carbocycles. The number of hydrogen-bond acceptors (Lipinski definition) is 4. The van der Waals surface area contributed by atoms with E-state index >= 15 is 0 Å². The quantitative estimate of drug-likeness (QED) is 0.459. The molecule has 136 valence electrons. The van der Waals surface area contributed by atoms with Crippen LogP contribution < -0.4 is 4.74 Å². The number of alkyl halides is 1. The second-order valence-electron chi connectivity index (χ2n) is 6.74. The van der Waals surface area contributed by atoms with Crippen molar-refractivity contribution in [2.45, 2.75) is 29.6 Å². The van der Waals surface area contributed by atoms with Gasteiger partial charge in [0.25, 0.3) is 0 Å². The highest BCUT2D eigenvalue weighted by Gasteiger charge is 2.55. The van der Waals surface area contributed by atoms with E-state index in [2.05, 4.69) is 6.58 Å². The van der Waals surface area contributed by atoms with Crippen LogP contribution in [0.25, 0.3) is 0 Å². The van der Waals surface area contributed by atoms with Crippen molar-refractivity contribution in [3.8, 4) is 5.75 Å². The Morgan fingerprint density at radius 2 is 2.04 bits per heavy atom. The molecular formula is C21H21ClO4. The van der Waals surface area contributed by atoms with Gasteiger partial charge in [-0.15, -0.1) is 11.6 Å². The summed E-state index contributed by atoms with van der Waals surface area (Å²) in [7, 11) is 2.88. The van der Waals surface area contributed by atoms with Gasteiger partial charge < -0.3 is 9.47 Å². The van der Waals surface area contributed by atoms with Crippen LogP contribution in [0.5, 0.6) is 5.75 Å². The van der Waals surface area contributed by atoms with Gasteiger partial charge in [-0.3, -0.25) is 9.59 Å². The molecule has 0 unspecified atom stereocenters. The Morgan fingerprint density at radius 1 is 1.27 bits per heavy atom. The van der Waals surface area contributed by atoms with Gasteiger partial charge in [0.05, 0.1) is 14.2 Å². The van der Waals surface area contributed by atoms with Crippen molar-refractivity contribution in [1.82, 2.24) is 0 Å². The molecule has 26 heavy (non-hydrogen) atoms. The van der Waals surface area contributed by atoms with E-state index in [0.717, 1.165) is 5.57 Å². The van der Waals surface area contributed by atoms with Crippen molar-refractivity contribution >= 4 is 23.4 Å². The summed E-state index contributed by atoms with van der Waals surface area (Å²) in [5, 5.41) is 0. The molecule has 0 aromatic heterocycles. The molecule has 2 atom stereocenters. The third-order valence-corrected chi connectivity index (χ3v) is 5.55. The minimum atomic E-state index is -1.30. The number of esters is 1. The fourth-order valence-corrected chi connectivity index (χ4v) is 4.25. The monoisotopic (exact) mass is 372 g/mol. The minimum absolute atomic E-state index is 0.254. The fourth-order valence-electron chi connectivity index (χ4n) is 3.87. The van der Waals surface area contributed by atoms with E-state index < -0.39 is 16.3 Å². The van der Waals surface area contributed by atoms with Gasteiger partial charge in [-0.05, 0) is 37.0 Å². The lowest BCUT2D eigenvalue weighted by Crippen LogP contribution is -2.43. The van der Waals surface area contributed by atoms with Gasteiger partial charge in [-0.25, -0.2) is 0 Å². The molecule has 0 heterocycles. The van der Waals surface area contributed by atoms with Gasteiger partial charge in [0.2, 0.25) is 0 Å². The summed E-state index contributed by atoms with van der Waals surface area (Å²) < 4.78 is 10.5. The average Bonchev–Trinajstić information content (AvgIpc) is 2.83. The van der Waals surface area contributed by atoms with Gasteiger partial charge in [0.15, 0.2) is 5.78 Å². The SMILES string of the molecule is C=C1C[C@@]2(Cl)CC=CC=C(C2=O)[C@@](C(=O)OC)(c2cccc(OC)c2)C1. The number of ketones is 1. The van der Waals surface area contributed by atoms with E-state index in [4.69, 9.17) is 21.1 Å². The number of hydrogen-bond donors (Lipinski definition) is 0. The predicted octanol–water partition coefficient (Wildman–Crippen LogP) is 3.89. The van der Waals surface area contributed by atoms with Gasteiger partial charge in [0.1, 0.15) is 16.0 Å². The summed E-state index contributed by atoms with van der Waals surface area (Å²) in [5.74, 6) is -0.172. The summed E-state index contributed by atoms with van der Waals surface area (Å²) in [6, 6.07) is 7.14. The van der Waals surface area contributed by atoms with Crippen molar-refractivity contribution in [1.29, 1.82) is 0 Å². The van der Waals surface area contributed by atoms with Crippen LogP contribution in [-0.4, -0.2) is 30.8 Å². The molecule has 0 N–H and O–H groups in total. The second kappa shape index (κ2) is 6.76. The highest BCUT2D eigenvalue weighted by Crippen LogP contribution is 2.50. The highest BCUT2D eigenvalue weighted by molar-refractivity contribution is 6.39. The summed E-state index contributed by atoms with van der Waals surface area (Å²) in [5.41, 5.74) is 0.393. The van der Waals surface area contributed by atoms with Gasteiger partial charge >= 0.3 is 5.97 Å². The number of carbonyl (C=O) groups is 2. The molecule has 0 spiro atoms. The van der Waals surface area contributed by atoms with Gasteiger partial charge in [-0.2, -0.15) is 0 Å². The zero-order valence-corrected chi connectivity index (χ0v) is 15.6. The Morgan fingerprint density at radius 3 is 2.73 bits per heavy atom. The second-order valence-corrected chi connectivity index (χ2v) is 7.46. The lowest BCUT2D eigenvalue weighted by atomic mass is 9.69. The molecule has 3 rings (SSSR count). The number of benzene rings is 1. The van der Waals surface area contributed by atoms with Crippen LogP contribution in [0.2, 0.25) is 0 Å².